The Morgan fingerprint density at radius 1 is 0.654 bits per heavy atom. The number of fused-ring (bicyclic) bond motifs is 8. The van der Waals surface area contributed by atoms with Crippen LogP contribution >= 0.6 is 11.3 Å². The first-order valence-electron chi connectivity index (χ1n) is 17.0. The third kappa shape index (κ3) is 5.12. The normalized spacial score (nSPS) is 12.6. The van der Waals surface area contributed by atoms with E-state index in [2.05, 4.69) is 145 Å². The Hall–Kier alpha value is -5.42. The molecule has 0 saturated carbocycles. The van der Waals surface area contributed by atoms with Crippen LogP contribution in [0.25, 0.3) is 47.8 Å². The summed E-state index contributed by atoms with van der Waals surface area (Å²) in [5.41, 5.74) is 10.1. The van der Waals surface area contributed by atoms with Crippen LogP contribution in [-0.4, -0.2) is 9.55 Å². The van der Waals surface area contributed by atoms with Crippen LogP contribution in [0.2, 0.25) is 0 Å². The molecule has 0 saturated heterocycles. The van der Waals surface area contributed by atoms with Crippen LogP contribution in [-0.2, 0) is 21.1 Å². The molecule has 1 aliphatic heterocycles. The molecule has 0 fully saturated rings. The standard InChI is InChI=1S/C45H31N4OS.Pt/c1-28-23-29(2)44(30(3)24-28)48-27-47(37-14-5-6-15-38(37)48)31-11-10-12-32(25-31)50-33-18-19-34-35-20-21-41-43(36-13-4-7-16-40(36)51-41)45(35)49(39(34)26-33)42-17-8-9-22-46-42;/h4-24,27H,1-3H3;/q-3;. The summed E-state index contributed by atoms with van der Waals surface area (Å²) < 4.78 is 11.3. The minimum Gasteiger partial charge on any atom is -0.509 e. The summed E-state index contributed by atoms with van der Waals surface area (Å²) >= 11 is 1.82. The van der Waals surface area contributed by atoms with Gasteiger partial charge >= 0.3 is 0 Å². The maximum Gasteiger partial charge on any atom is 0.135 e. The fraction of sp³-hybridized carbons (Fsp3) is 0.0667. The van der Waals surface area contributed by atoms with Crippen LogP contribution < -0.4 is 14.5 Å². The van der Waals surface area contributed by atoms with E-state index in [1.807, 2.05) is 47.9 Å². The molecule has 5 nitrogen and oxygen atoms in total. The number of pyridine rings is 1. The molecular weight excluding hydrogens is 840 g/mol. The van der Waals surface area contributed by atoms with Gasteiger partial charge in [-0.25, -0.2) is 4.98 Å². The summed E-state index contributed by atoms with van der Waals surface area (Å²) in [7, 11) is 0. The zero-order chi connectivity index (χ0) is 34.2. The second kappa shape index (κ2) is 12.7. The van der Waals surface area contributed by atoms with Crippen LogP contribution in [0, 0.1) is 39.6 Å². The Labute approximate surface area is 320 Å². The molecule has 0 amide bonds. The van der Waals surface area contributed by atoms with Gasteiger partial charge in [0.2, 0.25) is 0 Å². The van der Waals surface area contributed by atoms with Crippen molar-refractivity contribution in [1.82, 2.24) is 9.55 Å². The Morgan fingerprint density at radius 2 is 1.38 bits per heavy atom. The van der Waals surface area contributed by atoms with Gasteiger partial charge in [-0.2, -0.15) is 12.1 Å². The number of ether oxygens (including phenoxy) is 1. The summed E-state index contributed by atoms with van der Waals surface area (Å²) in [6.45, 7) is 8.67. The van der Waals surface area contributed by atoms with E-state index < -0.39 is 0 Å². The van der Waals surface area contributed by atoms with E-state index in [0.717, 1.165) is 44.7 Å². The van der Waals surface area contributed by atoms with Crippen LogP contribution in [0.1, 0.15) is 16.7 Å². The van der Waals surface area contributed by atoms with Crippen LogP contribution in [0.3, 0.4) is 0 Å². The number of thiophene rings is 1. The predicted octanol–water partition coefficient (Wildman–Crippen LogP) is 12.3. The maximum absolute atomic E-state index is 6.57. The van der Waals surface area contributed by atoms with Gasteiger partial charge in [0.05, 0.1) is 5.52 Å². The molecule has 0 unspecified atom stereocenters. The average molecular weight is 871 g/mol. The SMILES string of the molecule is Cc1cc(C)c(N2[CH-]N(c3[c-]c(Oc4[c-]c5c(cc4)c4ccc6sc7ccccc7c6c4n5-c4ccccn4)ccc3)c3ccccc32)c(C)c1.[Pt]. The maximum atomic E-state index is 6.57. The zero-order valence-electron chi connectivity index (χ0n) is 28.6. The van der Waals surface area contributed by atoms with Gasteiger partial charge in [0.1, 0.15) is 5.82 Å². The first kappa shape index (κ1) is 32.5. The van der Waals surface area contributed by atoms with Crippen molar-refractivity contribution >= 4 is 76.1 Å². The van der Waals surface area contributed by atoms with E-state index in [0.29, 0.717) is 11.5 Å². The molecule has 0 N–H and O–H groups in total. The topological polar surface area (TPSA) is 33.5 Å². The molecule has 0 bridgehead atoms. The van der Waals surface area contributed by atoms with Crippen molar-refractivity contribution in [3.8, 4) is 17.3 Å². The molecule has 0 aliphatic carbocycles. The largest absolute Gasteiger partial charge is 0.509 e. The molecule has 1 aliphatic rings. The van der Waals surface area contributed by atoms with E-state index in [9.17, 15) is 0 Å². The van der Waals surface area contributed by atoms with Crippen molar-refractivity contribution in [2.45, 2.75) is 20.8 Å². The van der Waals surface area contributed by atoms with Gasteiger partial charge in [-0.3, -0.25) is 0 Å². The van der Waals surface area contributed by atoms with E-state index in [1.165, 1.54) is 42.6 Å². The second-order valence-electron chi connectivity index (χ2n) is 13.1. The zero-order valence-corrected chi connectivity index (χ0v) is 31.7. The molecule has 4 heterocycles. The number of aryl methyl sites for hydroxylation is 3. The molecule has 0 radical (unpaired) electrons. The van der Waals surface area contributed by atoms with Crippen molar-refractivity contribution in [1.29, 1.82) is 0 Å². The van der Waals surface area contributed by atoms with Gasteiger partial charge in [0.15, 0.2) is 0 Å². The number of rotatable bonds is 5. The van der Waals surface area contributed by atoms with Crippen molar-refractivity contribution in [2.75, 3.05) is 9.80 Å². The van der Waals surface area contributed by atoms with Gasteiger partial charge in [-0.15, -0.1) is 59.4 Å². The number of benzene rings is 6. The molecule has 3 aromatic heterocycles. The molecule has 256 valence electrons. The first-order valence-corrected chi connectivity index (χ1v) is 17.9. The van der Waals surface area contributed by atoms with Gasteiger partial charge in [0, 0.05) is 76.0 Å². The smallest absolute Gasteiger partial charge is 0.135 e. The third-order valence-electron chi connectivity index (χ3n) is 9.77. The molecule has 6 aromatic carbocycles. The molecular formula is C45H31N4OPtS-3. The predicted molar refractivity (Wildman–Crippen MR) is 211 cm³/mol. The fourth-order valence-corrected chi connectivity index (χ4v) is 8.89. The fourth-order valence-electron chi connectivity index (χ4n) is 7.78. The first-order chi connectivity index (χ1) is 25.0. The molecule has 10 rings (SSSR count). The summed E-state index contributed by atoms with van der Waals surface area (Å²) in [4.78, 5) is 9.28. The minimum absolute atomic E-state index is 0. The van der Waals surface area contributed by atoms with Gasteiger partial charge in [-0.05, 0) is 73.7 Å². The quantitative estimate of drug-likeness (QED) is 0.161. The Kier molecular flexibility index (Phi) is 7.91. The van der Waals surface area contributed by atoms with E-state index in [-0.39, 0.29) is 21.1 Å². The molecule has 7 heteroatoms. The van der Waals surface area contributed by atoms with E-state index >= 15 is 0 Å². The van der Waals surface area contributed by atoms with Crippen molar-refractivity contribution in [2.24, 2.45) is 0 Å². The van der Waals surface area contributed by atoms with E-state index in [1.54, 1.807) is 0 Å². The number of nitrogens with zero attached hydrogens (tertiary/aromatic N) is 4. The summed E-state index contributed by atoms with van der Waals surface area (Å²) in [5.74, 6) is 2.07. The monoisotopic (exact) mass is 870 g/mol. The summed E-state index contributed by atoms with van der Waals surface area (Å²) in [5, 5.41) is 4.74. The van der Waals surface area contributed by atoms with Crippen LogP contribution in [0.15, 0.2) is 128 Å². The Bertz CT molecular complexity index is 2800. The third-order valence-corrected chi connectivity index (χ3v) is 10.9. The number of anilines is 4. The number of aromatic nitrogens is 2. The molecule has 9 aromatic rings. The summed E-state index contributed by atoms with van der Waals surface area (Å²) in [6, 6.07) is 49.5. The Morgan fingerprint density at radius 3 is 2.19 bits per heavy atom. The van der Waals surface area contributed by atoms with Gasteiger partial charge < -0.3 is 19.1 Å². The second-order valence-corrected chi connectivity index (χ2v) is 14.2. The number of hydrogen-bond acceptors (Lipinski definition) is 5. The van der Waals surface area contributed by atoms with Crippen LogP contribution in [0.5, 0.6) is 11.5 Å². The molecule has 0 spiro atoms. The molecule has 52 heavy (non-hydrogen) atoms. The van der Waals surface area contributed by atoms with Crippen molar-refractivity contribution < 1.29 is 25.8 Å². The number of para-hydroxylation sites is 2. The Balaban J connectivity index is 0.00000360. The van der Waals surface area contributed by atoms with Crippen LogP contribution in [0.4, 0.5) is 22.7 Å². The van der Waals surface area contributed by atoms with E-state index in [4.69, 9.17) is 9.72 Å². The van der Waals surface area contributed by atoms with Gasteiger partial charge in [-0.1, -0.05) is 65.7 Å². The average Bonchev–Trinajstić information content (AvgIpc) is 3.81. The van der Waals surface area contributed by atoms with Gasteiger partial charge in [0.25, 0.3) is 0 Å². The minimum atomic E-state index is 0. The summed E-state index contributed by atoms with van der Waals surface area (Å²) in [6.07, 6.45) is 1.84. The van der Waals surface area contributed by atoms with Crippen molar-refractivity contribution in [3.05, 3.63) is 163 Å². The number of hydrogen-bond donors (Lipinski definition) is 0. The molecule has 0 atom stereocenters. The van der Waals surface area contributed by atoms with Crippen molar-refractivity contribution in [3.63, 3.8) is 0 Å².